The number of hydrogen-bond acceptors (Lipinski definition) is 2. The zero-order valence-electron chi connectivity index (χ0n) is 12.8. The highest BCUT2D eigenvalue weighted by molar-refractivity contribution is 5.99. The number of rotatable bonds is 2. The molecule has 6 nitrogen and oxygen atoms in total. The average molecular weight is 329 g/mol. The van der Waals surface area contributed by atoms with E-state index in [1.54, 1.807) is 24.3 Å². The van der Waals surface area contributed by atoms with Gasteiger partial charge < -0.3 is 20.6 Å². The van der Waals surface area contributed by atoms with Gasteiger partial charge in [-0.2, -0.15) is 0 Å². The molecule has 1 heterocycles. The third-order valence-corrected chi connectivity index (χ3v) is 3.87. The maximum atomic E-state index is 13.5. The Morgan fingerprint density at radius 3 is 2.62 bits per heavy atom. The second-order valence-electron chi connectivity index (χ2n) is 5.50. The molecule has 3 rings (SSSR count). The maximum Gasteiger partial charge on any atom is 0.407 e. The third kappa shape index (κ3) is 3.45. The molecular weight excluding hydrogens is 313 g/mol. The molecule has 0 spiro atoms. The molecule has 0 radical (unpaired) electrons. The molecule has 0 bridgehead atoms. The van der Waals surface area contributed by atoms with Crippen LogP contribution in [0.3, 0.4) is 0 Å². The zero-order valence-corrected chi connectivity index (χ0v) is 12.8. The zero-order chi connectivity index (χ0) is 17.1. The second-order valence-corrected chi connectivity index (χ2v) is 5.50. The van der Waals surface area contributed by atoms with Crippen molar-refractivity contribution in [1.82, 2.24) is 4.90 Å². The first-order valence-electron chi connectivity index (χ1n) is 7.45. The summed E-state index contributed by atoms with van der Waals surface area (Å²) in [5.41, 5.74) is 2.59. The molecule has 0 aromatic heterocycles. The SMILES string of the molecule is O=C(Nc1ccc2c(c1)CCN(C(=O)O)C2)Nc1ccccc1F. The first-order valence-corrected chi connectivity index (χ1v) is 7.45. The highest BCUT2D eigenvalue weighted by Crippen LogP contribution is 2.23. The monoisotopic (exact) mass is 329 g/mol. The quantitative estimate of drug-likeness (QED) is 0.788. The molecule has 124 valence electrons. The van der Waals surface area contributed by atoms with Gasteiger partial charge in [0, 0.05) is 18.8 Å². The van der Waals surface area contributed by atoms with Gasteiger partial charge in [0.2, 0.25) is 0 Å². The fourth-order valence-electron chi connectivity index (χ4n) is 2.64. The molecule has 24 heavy (non-hydrogen) atoms. The summed E-state index contributed by atoms with van der Waals surface area (Å²) in [5, 5.41) is 14.1. The lowest BCUT2D eigenvalue weighted by Crippen LogP contribution is -2.34. The van der Waals surface area contributed by atoms with Crippen molar-refractivity contribution >= 4 is 23.5 Å². The van der Waals surface area contributed by atoms with Crippen molar-refractivity contribution in [1.29, 1.82) is 0 Å². The van der Waals surface area contributed by atoms with Crippen LogP contribution >= 0.6 is 0 Å². The summed E-state index contributed by atoms with van der Waals surface area (Å²) >= 11 is 0. The van der Waals surface area contributed by atoms with E-state index >= 15 is 0 Å². The van der Waals surface area contributed by atoms with Crippen LogP contribution in [0.25, 0.3) is 0 Å². The van der Waals surface area contributed by atoms with Gasteiger partial charge in [0.25, 0.3) is 0 Å². The Hall–Kier alpha value is -3.09. The molecule has 2 aromatic carbocycles. The number of para-hydroxylation sites is 1. The van der Waals surface area contributed by atoms with Crippen molar-refractivity contribution in [2.75, 3.05) is 17.2 Å². The van der Waals surface area contributed by atoms with Crippen LogP contribution in [-0.2, 0) is 13.0 Å². The smallest absolute Gasteiger partial charge is 0.407 e. The number of amides is 3. The summed E-state index contributed by atoms with van der Waals surface area (Å²) in [7, 11) is 0. The van der Waals surface area contributed by atoms with E-state index in [0.717, 1.165) is 11.1 Å². The topological polar surface area (TPSA) is 81.7 Å². The van der Waals surface area contributed by atoms with E-state index in [1.807, 2.05) is 6.07 Å². The van der Waals surface area contributed by atoms with Crippen molar-refractivity contribution in [3.63, 3.8) is 0 Å². The minimum atomic E-state index is -0.938. The standard InChI is InChI=1S/C17H16FN3O3/c18-14-3-1-2-4-15(14)20-16(22)19-13-6-5-12-10-21(17(23)24)8-7-11(12)9-13/h1-6,9H,7-8,10H2,(H,23,24)(H2,19,20,22). The van der Waals surface area contributed by atoms with Crippen molar-refractivity contribution in [2.45, 2.75) is 13.0 Å². The van der Waals surface area contributed by atoms with Crippen molar-refractivity contribution < 1.29 is 19.1 Å². The van der Waals surface area contributed by atoms with Gasteiger partial charge in [0.15, 0.2) is 0 Å². The number of anilines is 2. The number of fused-ring (bicyclic) bond motifs is 1. The van der Waals surface area contributed by atoms with Crippen LogP contribution in [0.1, 0.15) is 11.1 Å². The molecule has 3 amide bonds. The van der Waals surface area contributed by atoms with Crippen LogP contribution in [0.2, 0.25) is 0 Å². The van der Waals surface area contributed by atoms with E-state index in [2.05, 4.69) is 10.6 Å². The Labute approximate surface area is 137 Å². The van der Waals surface area contributed by atoms with E-state index in [9.17, 15) is 14.0 Å². The molecule has 0 atom stereocenters. The number of carboxylic acid groups (broad SMARTS) is 1. The van der Waals surface area contributed by atoms with E-state index in [4.69, 9.17) is 5.11 Å². The van der Waals surface area contributed by atoms with Gasteiger partial charge >= 0.3 is 12.1 Å². The van der Waals surface area contributed by atoms with E-state index in [-0.39, 0.29) is 5.69 Å². The number of benzene rings is 2. The van der Waals surface area contributed by atoms with E-state index in [0.29, 0.717) is 25.2 Å². The highest BCUT2D eigenvalue weighted by Gasteiger charge is 2.20. The molecule has 1 aliphatic rings. The van der Waals surface area contributed by atoms with Gasteiger partial charge in [-0.1, -0.05) is 18.2 Å². The molecular formula is C17H16FN3O3. The van der Waals surface area contributed by atoms with Crippen LogP contribution in [0, 0.1) is 5.82 Å². The summed E-state index contributed by atoms with van der Waals surface area (Å²) in [5.74, 6) is -0.508. The van der Waals surface area contributed by atoms with Crippen molar-refractivity contribution in [3.05, 3.63) is 59.4 Å². The number of carbonyl (C=O) groups is 2. The van der Waals surface area contributed by atoms with Gasteiger partial charge in [0.05, 0.1) is 5.69 Å². The lowest BCUT2D eigenvalue weighted by atomic mass is 9.99. The molecule has 1 aliphatic heterocycles. The Morgan fingerprint density at radius 2 is 1.88 bits per heavy atom. The van der Waals surface area contributed by atoms with Crippen LogP contribution in [0.4, 0.5) is 25.4 Å². The Balaban J connectivity index is 1.67. The predicted octanol–water partition coefficient (Wildman–Crippen LogP) is 3.51. The number of carbonyl (C=O) groups excluding carboxylic acids is 1. The van der Waals surface area contributed by atoms with Crippen LogP contribution in [0.5, 0.6) is 0 Å². The number of nitrogens with zero attached hydrogens (tertiary/aromatic N) is 1. The number of halogens is 1. The normalized spacial score (nSPS) is 13.1. The minimum absolute atomic E-state index is 0.102. The molecule has 3 N–H and O–H groups in total. The number of nitrogens with one attached hydrogen (secondary N) is 2. The Kier molecular flexibility index (Phi) is 4.33. The van der Waals surface area contributed by atoms with Gasteiger partial charge in [-0.3, -0.25) is 0 Å². The molecule has 0 saturated carbocycles. The van der Waals surface area contributed by atoms with Crippen LogP contribution in [0.15, 0.2) is 42.5 Å². The molecule has 7 heteroatoms. The molecule has 0 unspecified atom stereocenters. The van der Waals surface area contributed by atoms with Crippen LogP contribution in [-0.4, -0.2) is 28.7 Å². The molecule has 0 aliphatic carbocycles. The Morgan fingerprint density at radius 1 is 1.08 bits per heavy atom. The predicted molar refractivity (Wildman–Crippen MR) is 87.6 cm³/mol. The van der Waals surface area contributed by atoms with Gasteiger partial charge in [0.1, 0.15) is 5.82 Å². The van der Waals surface area contributed by atoms with Gasteiger partial charge in [-0.05, 0) is 41.8 Å². The first kappa shape index (κ1) is 15.8. The average Bonchev–Trinajstić information content (AvgIpc) is 2.56. The third-order valence-electron chi connectivity index (χ3n) is 3.87. The Bertz CT molecular complexity index is 794. The highest BCUT2D eigenvalue weighted by atomic mass is 19.1. The first-order chi connectivity index (χ1) is 11.5. The lowest BCUT2D eigenvalue weighted by molar-refractivity contribution is 0.140. The summed E-state index contributed by atoms with van der Waals surface area (Å²) in [6, 6.07) is 10.7. The van der Waals surface area contributed by atoms with Crippen molar-refractivity contribution in [2.24, 2.45) is 0 Å². The summed E-state index contributed by atoms with van der Waals surface area (Å²) in [4.78, 5) is 24.3. The molecule has 0 fully saturated rings. The van der Waals surface area contributed by atoms with E-state index in [1.165, 1.54) is 17.0 Å². The molecule has 0 saturated heterocycles. The lowest BCUT2D eigenvalue weighted by Gasteiger charge is -2.26. The largest absolute Gasteiger partial charge is 0.465 e. The summed E-state index contributed by atoms with van der Waals surface area (Å²) in [6.45, 7) is 0.763. The number of urea groups is 1. The van der Waals surface area contributed by atoms with E-state index < -0.39 is 17.9 Å². The van der Waals surface area contributed by atoms with Gasteiger partial charge in [-0.15, -0.1) is 0 Å². The number of hydrogen-bond donors (Lipinski definition) is 3. The summed E-state index contributed by atoms with van der Waals surface area (Å²) in [6.07, 6.45) is -0.348. The molecule has 2 aromatic rings. The maximum absolute atomic E-state index is 13.5. The minimum Gasteiger partial charge on any atom is -0.465 e. The van der Waals surface area contributed by atoms with Gasteiger partial charge in [-0.25, -0.2) is 14.0 Å². The fourth-order valence-corrected chi connectivity index (χ4v) is 2.64. The van der Waals surface area contributed by atoms with Crippen LogP contribution < -0.4 is 10.6 Å². The fraction of sp³-hybridized carbons (Fsp3) is 0.176. The van der Waals surface area contributed by atoms with Crippen molar-refractivity contribution in [3.8, 4) is 0 Å². The summed E-state index contributed by atoms with van der Waals surface area (Å²) < 4.78 is 13.5. The second kappa shape index (κ2) is 6.57.